The molecule has 5 heteroatoms. The zero-order valence-corrected chi connectivity index (χ0v) is 14.4. The zero-order chi connectivity index (χ0) is 17.2. The molecule has 2 aromatic rings. The minimum absolute atomic E-state index is 0.0781. The van der Waals surface area contributed by atoms with E-state index < -0.39 is 0 Å². The lowest BCUT2D eigenvalue weighted by Crippen LogP contribution is -2.29. The van der Waals surface area contributed by atoms with Gasteiger partial charge in [-0.05, 0) is 36.5 Å². The fourth-order valence-corrected chi connectivity index (χ4v) is 3.73. The Kier molecular flexibility index (Phi) is 4.22. The lowest BCUT2D eigenvalue weighted by atomic mass is 10.0. The van der Waals surface area contributed by atoms with Gasteiger partial charge >= 0.3 is 0 Å². The lowest BCUT2D eigenvalue weighted by molar-refractivity contribution is 0.0790. The van der Waals surface area contributed by atoms with Gasteiger partial charge in [0, 0.05) is 38.4 Å². The topological polar surface area (TPSA) is 51.0 Å². The summed E-state index contributed by atoms with van der Waals surface area (Å²) in [5, 5.41) is 4.35. The number of aromatic nitrogens is 3. The van der Waals surface area contributed by atoms with Crippen LogP contribution in [0.15, 0.2) is 49.0 Å². The molecule has 0 radical (unpaired) electrons. The monoisotopic (exact) mass is 334 g/mol. The van der Waals surface area contributed by atoms with Crippen molar-refractivity contribution in [2.24, 2.45) is 7.05 Å². The molecule has 0 aromatic carbocycles. The SMILES string of the molecule is Cn1ncc(C(=O)N2CCC(c3cccnc3)C2)c1C1=CCCC=C1. The lowest BCUT2D eigenvalue weighted by Gasteiger charge is -2.18. The van der Waals surface area contributed by atoms with Crippen molar-refractivity contribution in [3.63, 3.8) is 0 Å². The van der Waals surface area contributed by atoms with E-state index in [2.05, 4.69) is 34.4 Å². The molecule has 0 saturated carbocycles. The molecule has 1 unspecified atom stereocenters. The normalized spacial score (nSPS) is 20.0. The van der Waals surface area contributed by atoms with Crippen LogP contribution in [0.25, 0.3) is 5.57 Å². The van der Waals surface area contributed by atoms with Crippen molar-refractivity contribution in [3.05, 3.63) is 65.8 Å². The van der Waals surface area contributed by atoms with E-state index in [1.165, 1.54) is 5.56 Å². The standard InChI is InChI=1S/C20H22N4O/c1-23-19(15-6-3-2-4-7-15)18(13-22-23)20(25)24-11-9-17(14-24)16-8-5-10-21-12-16/h3,5-8,10,12-13,17H,2,4,9,11,14H2,1H3. The molecule has 0 bridgehead atoms. The predicted molar refractivity (Wildman–Crippen MR) is 97.1 cm³/mol. The second-order valence-corrected chi connectivity index (χ2v) is 6.69. The maximum Gasteiger partial charge on any atom is 0.257 e. The van der Waals surface area contributed by atoms with Crippen molar-refractivity contribution < 1.29 is 4.79 Å². The van der Waals surface area contributed by atoms with Crippen LogP contribution in [0.3, 0.4) is 0 Å². The Labute approximate surface area is 147 Å². The molecule has 4 rings (SSSR count). The Morgan fingerprint density at radius 2 is 2.20 bits per heavy atom. The maximum absolute atomic E-state index is 13.1. The molecule has 1 aliphatic heterocycles. The van der Waals surface area contributed by atoms with Gasteiger partial charge in [-0.1, -0.05) is 24.3 Å². The summed E-state index contributed by atoms with van der Waals surface area (Å²) in [4.78, 5) is 19.3. The van der Waals surface area contributed by atoms with E-state index in [-0.39, 0.29) is 5.91 Å². The summed E-state index contributed by atoms with van der Waals surface area (Å²) in [7, 11) is 1.90. The van der Waals surface area contributed by atoms with Crippen molar-refractivity contribution in [3.8, 4) is 0 Å². The van der Waals surface area contributed by atoms with Gasteiger partial charge in [0.15, 0.2) is 0 Å². The van der Waals surface area contributed by atoms with E-state index in [1.807, 2.05) is 28.9 Å². The van der Waals surface area contributed by atoms with Gasteiger partial charge in [0.2, 0.25) is 0 Å². The number of aryl methyl sites for hydroxylation is 1. The molecule has 0 N–H and O–H groups in total. The first-order chi connectivity index (χ1) is 12.2. The Morgan fingerprint density at radius 1 is 1.28 bits per heavy atom. The zero-order valence-electron chi connectivity index (χ0n) is 14.4. The first-order valence-electron chi connectivity index (χ1n) is 8.82. The van der Waals surface area contributed by atoms with Gasteiger partial charge in [-0.15, -0.1) is 0 Å². The van der Waals surface area contributed by atoms with Gasteiger partial charge in [0.25, 0.3) is 5.91 Å². The average molecular weight is 334 g/mol. The number of likely N-dealkylation sites (tertiary alicyclic amines) is 1. The summed E-state index contributed by atoms with van der Waals surface area (Å²) >= 11 is 0. The summed E-state index contributed by atoms with van der Waals surface area (Å²) in [6, 6.07) is 4.06. The van der Waals surface area contributed by atoms with Crippen LogP contribution in [0.5, 0.6) is 0 Å². The van der Waals surface area contributed by atoms with E-state index in [4.69, 9.17) is 0 Å². The highest BCUT2D eigenvalue weighted by molar-refractivity contribution is 5.99. The quantitative estimate of drug-likeness (QED) is 0.866. The van der Waals surface area contributed by atoms with E-state index in [0.29, 0.717) is 11.5 Å². The second kappa shape index (κ2) is 6.67. The third kappa shape index (κ3) is 3.02. The number of carbonyl (C=O) groups excluding carboxylic acids is 1. The van der Waals surface area contributed by atoms with Crippen molar-refractivity contribution in [1.29, 1.82) is 0 Å². The van der Waals surface area contributed by atoms with Gasteiger partial charge in [0.1, 0.15) is 0 Å². The molecular formula is C20H22N4O. The number of hydrogen-bond donors (Lipinski definition) is 0. The third-order valence-corrected chi connectivity index (χ3v) is 5.07. The molecule has 1 atom stereocenters. The Bertz CT molecular complexity index is 835. The Morgan fingerprint density at radius 3 is 2.96 bits per heavy atom. The molecule has 25 heavy (non-hydrogen) atoms. The van der Waals surface area contributed by atoms with Crippen LogP contribution in [-0.4, -0.2) is 38.7 Å². The fourth-order valence-electron chi connectivity index (χ4n) is 3.73. The molecule has 128 valence electrons. The first-order valence-corrected chi connectivity index (χ1v) is 8.82. The second-order valence-electron chi connectivity index (χ2n) is 6.69. The van der Waals surface area contributed by atoms with Crippen molar-refractivity contribution >= 4 is 11.5 Å². The summed E-state index contributed by atoms with van der Waals surface area (Å²) in [5.74, 6) is 0.445. The summed E-state index contributed by atoms with van der Waals surface area (Å²) in [6.45, 7) is 1.52. The van der Waals surface area contributed by atoms with E-state index >= 15 is 0 Å². The van der Waals surface area contributed by atoms with E-state index in [0.717, 1.165) is 43.6 Å². The summed E-state index contributed by atoms with van der Waals surface area (Å²) in [5.41, 5.74) is 3.93. The first kappa shape index (κ1) is 15.8. The van der Waals surface area contributed by atoms with Crippen LogP contribution in [0.1, 0.15) is 46.8 Å². The molecule has 5 nitrogen and oxygen atoms in total. The number of hydrogen-bond acceptors (Lipinski definition) is 3. The molecule has 1 amide bonds. The van der Waals surface area contributed by atoms with E-state index in [1.54, 1.807) is 12.4 Å². The highest BCUT2D eigenvalue weighted by Gasteiger charge is 2.30. The van der Waals surface area contributed by atoms with Gasteiger partial charge in [-0.3, -0.25) is 14.5 Å². The van der Waals surface area contributed by atoms with Crippen molar-refractivity contribution in [2.75, 3.05) is 13.1 Å². The van der Waals surface area contributed by atoms with E-state index in [9.17, 15) is 4.79 Å². The van der Waals surface area contributed by atoms with Crippen molar-refractivity contribution in [1.82, 2.24) is 19.7 Å². The molecule has 3 heterocycles. The fraction of sp³-hybridized carbons (Fsp3) is 0.350. The van der Waals surface area contributed by atoms with Gasteiger partial charge < -0.3 is 4.90 Å². The van der Waals surface area contributed by atoms with Crippen LogP contribution in [0.2, 0.25) is 0 Å². The largest absolute Gasteiger partial charge is 0.338 e. The van der Waals surface area contributed by atoms with Crippen molar-refractivity contribution in [2.45, 2.75) is 25.2 Å². The smallest absolute Gasteiger partial charge is 0.257 e. The number of allylic oxidation sites excluding steroid dienone is 4. The van der Waals surface area contributed by atoms with Crippen LogP contribution in [0, 0.1) is 0 Å². The highest BCUT2D eigenvalue weighted by Crippen LogP contribution is 2.30. The van der Waals surface area contributed by atoms with Crippen LogP contribution in [0.4, 0.5) is 0 Å². The summed E-state index contributed by atoms with van der Waals surface area (Å²) < 4.78 is 1.81. The number of rotatable bonds is 3. The molecule has 1 aliphatic carbocycles. The Hall–Kier alpha value is -2.69. The van der Waals surface area contributed by atoms with Gasteiger partial charge in [-0.2, -0.15) is 5.10 Å². The van der Waals surface area contributed by atoms with Gasteiger partial charge in [-0.25, -0.2) is 0 Å². The average Bonchev–Trinajstić information content (AvgIpc) is 3.30. The minimum atomic E-state index is 0.0781. The minimum Gasteiger partial charge on any atom is -0.338 e. The number of carbonyl (C=O) groups is 1. The molecule has 2 aliphatic rings. The van der Waals surface area contributed by atoms with Crippen LogP contribution >= 0.6 is 0 Å². The number of amides is 1. The maximum atomic E-state index is 13.1. The highest BCUT2D eigenvalue weighted by atomic mass is 16.2. The number of pyridine rings is 1. The molecular weight excluding hydrogens is 312 g/mol. The predicted octanol–water partition coefficient (Wildman–Crippen LogP) is 3.18. The third-order valence-electron chi connectivity index (χ3n) is 5.07. The Balaban J connectivity index is 1.56. The number of nitrogens with zero attached hydrogens (tertiary/aromatic N) is 4. The molecule has 2 aromatic heterocycles. The molecule has 1 fully saturated rings. The van der Waals surface area contributed by atoms with Gasteiger partial charge in [0.05, 0.1) is 17.5 Å². The molecule has 1 saturated heterocycles. The summed E-state index contributed by atoms with van der Waals surface area (Å²) in [6.07, 6.45) is 14.9. The van der Waals surface area contributed by atoms with Crippen LogP contribution in [-0.2, 0) is 7.05 Å². The van der Waals surface area contributed by atoms with Crippen LogP contribution < -0.4 is 0 Å². The molecule has 0 spiro atoms.